The summed E-state index contributed by atoms with van der Waals surface area (Å²) in [5.74, 6) is -0.504. The standard InChI is InChI=1S/C26H35N3O5/c1-18(30)27-22(25(33)34-2)16-24(32)29-12-9-26(17-29)7-10-28(11-8-26)23(31)15-19-13-20-5-3-4-6-21(20)14-19/h3-6,19,22H,7-17H2,1-2H3,(H,27,30)/t22-/m0/s1. The van der Waals surface area contributed by atoms with Gasteiger partial charge in [0, 0.05) is 39.5 Å². The van der Waals surface area contributed by atoms with Gasteiger partial charge in [0.1, 0.15) is 6.04 Å². The molecular formula is C26H35N3O5. The number of carbonyl (C=O) groups excluding carboxylic acids is 4. The summed E-state index contributed by atoms with van der Waals surface area (Å²) >= 11 is 0. The summed E-state index contributed by atoms with van der Waals surface area (Å²) in [6.07, 6.45) is 5.16. The summed E-state index contributed by atoms with van der Waals surface area (Å²) in [6, 6.07) is 7.51. The molecule has 3 amide bonds. The second-order valence-electron chi connectivity index (χ2n) is 10.2. The number of nitrogens with zero attached hydrogens (tertiary/aromatic N) is 2. The van der Waals surface area contributed by atoms with E-state index >= 15 is 0 Å². The minimum atomic E-state index is -0.965. The van der Waals surface area contributed by atoms with Gasteiger partial charge in [0.25, 0.3) is 0 Å². The van der Waals surface area contributed by atoms with E-state index in [0.717, 1.165) is 45.2 Å². The van der Waals surface area contributed by atoms with Crippen molar-refractivity contribution in [3.8, 4) is 0 Å². The summed E-state index contributed by atoms with van der Waals surface area (Å²) in [6.45, 7) is 4.06. The molecule has 0 bridgehead atoms. The molecule has 4 rings (SSSR count). The summed E-state index contributed by atoms with van der Waals surface area (Å²) in [4.78, 5) is 52.9. The van der Waals surface area contributed by atoms with Crippen LogP contribution in [0.15, 0.2) is 24.3 Å². The number of amides is 3. The number of hydrogen-bond donors (Lipinski definition) is 1. The molecule has 3 aliphatic rings. The van der Waals surface area contributed by atoms with Gasteiger partial charge in [-0.05, 0) is 54.6 Å². The zero-order valence-corrected chi connectivity index (χ0v) is 20.2. The van der Waals surface area contributed by atoms with Crippen LogP contribution in [0.5, 0.6) is 0 Å². The van der Waals surface area contributed by atoms with Crippen molar-refractivity contribution in [3.05, 3.63) is 35.4 Å². The molecule has 1 aromatic rings. The molecule has 2 fully saturated rings. The Morgan fingerprint density at radius 2 is 1.59 bits per heavy atom. The van der Waals surface area contributed by atoms with E-state index in [2.05, 4.69) is 29.6 Å². The van der Waals surface area contributed by atoms with Crippen molar-refractivity contribution in [3.63, 3.8) is 0 Å². The number of nitrogens with one attached hydrogen (secondary N) is 1. The van der Waals surface area contributed by atoms with Crippen LogP contribution in [-0.2, 0) is 36.8 Å². The average Bonchev–Trinajstić information content (AvgIpc) is 3.42. The van der Waals surface area contributed by atoms with Gasteiger partial charge in [0.2, 0.25) is 17.7 Å². The lowest BCUT2D eigenvalue weighted by Crippen LogP contribution is -2.46. The van der Waals surface area contributed by atoms with Gasteiger partial charge in [-0.15, -0.1) is 0 Å². The third-order valence-corrected chi connectivity index (χ3v) is 7.81. The lowest BCUT2D eigenvalue weighted by Gasteiger charge is -2.39. The Labute approximate surface area is 201 Å². The first-order valence-electron chi connectivity index (χ1n) is 12.3. The van der Waals surface area contributed by atoms with Crippen molar-refractivity contribution >= 4 is 23.7 Å². The molecule has 34 heavy (non-hydrogen) atoms. The maximum Gasteiger partial charge on any atom is 0.328 e. The van der Waals surface area contributed by atoms with Gasteiger partial charge in [-0.2, -0.15) is 0 Å². The van der Waals surface area contributed by atoms with E-state index in [1.54, 1.807) is 4.90 Å². The molecule has 1 spiro atoms. The third-order valence-electron chi connectivity index (χ3n) is 7.81. The highest BCUT2D eigenvalue weighted by Crippen LogP contribution is 2.41. The van der Waals surface area contributed by atoms with Crippen LogP contribution in [0.3, 0.4) is 0 Å². The van der Waals surface area contributed by atoms with E-state index in [-0.39, 0.29) is 29.6 Å². The first-order chi connectivity index (χ1) is 16.3. The predicted molar refractivity (Wildman–Crippen MR) is 126 cm³/mol. The van der Waals surface area contributed by atoms with Gasteiger partial charge in [-0.1, -0.05) is 24.3 Å². The second kappa shape index (κ2) is 10.2. The molecule has 1 N–H and O–H groups in total. The molecule has 184 valence electrons. The zero-order valence-electron chi connectivity index (χ0n) is 20.2. The lowest BCUT2D eigenvalue weighted by molar-refractivity contribution is -0.147. The molecular weight excluding hydrogens is 434 g/mol. The van der Waals surface area contributed by atoms with E-state index in [0.29, 0.717) is 25.4 Å². The smallest absolute Gasteiger partial charge is 0.328 e. The molecule has 8 heteroatoms. The van der Waals surface area contributed by atoms with E-state index in [1.165, 1.54) is 25.2 Å². The van der Waals surface area contributed by atoms with Crippen LogP contribution >= 0.6 is 0 Å². The summed E-state index contributed by atoms with van der Waals surface area (Å²) in [5.41, 5.74) is 2.79. The molecule has 2 aliphatic heterocycles. The molecule has 2 heterocycles. The first kappa shape index (κ1) is 24.2. The number of hydrogen-bond acceptors (Lipinski definition) is 5. The Morgan fingerprint density at radius 1 is 1.00 bits per heavy atom. The van der Waals surface area contributed by atoms with E-state index in [4.69, 9.17) is 4.74 Å². The van der Waals surface area contributed by atoms with Gasteiger partial charge < -0.3 is 19.9 Å². The van der Waals surface area contributed by atoms with Gasteiger partial charge in [0.05, 0.1) is 13.5 Å². The van der Waals surface area contributed by atoms with E-state index in [1.807, 2.05) is 4.90 Å². The largest absolute Gasteiger partial charge is 0.467 e. The molecule has 0 unspecified atom stereocenters. The van der Waals surface area contributed by atoms with Crippen molar-refractivity contribution in [2.75, 3.05) is 33.3 Å². The Balaban J connectivity index is 1.25. The van der Waals surface area contributed by atoms with Crippen molar-refractivity contribution in [1.82, 2.24) is 15.1 Å². The Hall–Kier alpha value is -2.90. The fraction of sp³-hybridized carbons (Fsp3) is 0.615. The van der Waals surface area contributed by atoms with Crippen LogP contribution < -0.4 is 5.32 Å². The molecule has 2 saturated heterocycles. The van der Waals surface area contributed by atoms with Crippen molar-refractivity contribution < 1.29 is 23.9 Å². The molecule has 1 atom stereocenters. The van der Waals surface area contributed by atoms with Gasteiger partial charge in [-0.3, -0.25) is 14.4 Å². The number of piperidine rings is 1. The van der Waals surface area contributed by atoms with Crippen LogP contribution in [-0.4, -0.2) is 72.8 Å². The number of benzene rings is 1. The summed E-state index contributed by atoms with van der Waals surface area (Å²) in [7, 11) is 1.24. The number of methoxy groups -OCH3 is 1. The van der Waals surface area contributed by atoms with Crippen LogP contribution in [0.4, 0.5) is 0 Å². The van der Waals surface area contributed by atoms with Gasteiger partial charge >= 0.3 is 5.97 Å². The number of esters is 1. The molecule has 8 nitrogen and oxygen atoms in total. The van der Waals surface area contributed by atoms with Gasteiger partial charge in [-0.25, -0.2) is 4.79 Å². The highest BCUT2D eigenvalue weighted by Gasteiger charge is 2.43. The van der Waals surface area contributed by atoms with Crippen LogP contribution in [0.1, 0.15) is 50.2 Å². The first-order valence-corrected chi connectivity index (χ1v) is 12.3. The fourth-order valence-electron chi connectivity index (χ4n) is 5.84. The highest BCUT2D eigenvalue weighted by atomic mass is 16.5. The highest BCUT2D eigenvalue weighted by molar-refractivity contribution is 5.89. The SMILES string of the molecule is COC(=O)[C@H](CC(=O)N1CCC2(CCN(C(=O)CC3Cc4ccccc4C3)CC2)C1)NC(C)=O. The van der Waals surface area contributed by atoms with Crippen LogP contribution in [0, 0.1) is 11.3 Å². The minimum absolute atomic E-state index is 0.0325. The van der Waals surface area contributed by atoms with Crippen molar-refractivity contribution in [2.45, 2.75) is 57.9 Å². The van der Waals surface area contributed by atoms with E-state index < -0.39 is 12.0 Å². The van der Waals surface area contributed by atoms with Crippen molar-refractivity contribution in [2.24, 2.45) is 11.3 Å². The Kier molecular flexibility index (Phi) is 7.24. The second-order valence-corrected chi connectivity index (χ2v) is 10.2. The number of likely N-dealkylation sites (tertiary alicyclic amines) is 2. The molecule has 0 aromatic heterocycles. The normalized spacial score (nSPS) is 20.2. The monoisotopic (exact) mass is 469 g/mol. The number of fused-ring (bicyclic) bond motifs is 1. The predicted octanol–water partition coefficient (Wildman–Crippen LogP) is 1.70. The third kappa shape index (κ3) is 5.42. The lowest BCUT2D eigenvalue weighted by atomic mass is 9.77. The fourth-order valence-corrected chi connectivity index (χ4v) is 5.84. The molecule has 0 saturated carbocycles. The quantitative estimate of drug-likeness (QED) is 0.640. The average molecular weight is 470 g/mol. The maximum atomic E-state index is 13.0. The Bertz CT molecular complexity index is 929. The van der Waals surface area contributed by atoms with Crippen LogP contribution in [0.25, 0.3) is 0 Å². The summed E-state index contributed by atoms with van der Waals surface area (Å²) < 4.78 is 4.72. The molecule has 1 aliphatic carbocycles. The number of rotatable bonds is 6. The Morgan fingerprint density at radius 3 is 2.15 bits per heavy atom. The van der Waals surface area contributed by atoms with E-state index in [9.17, 15) is 19.2 Å². The topological polar surface area (TPSA) is 96.0 Å². The van der Waals surface area contributed by atoms with Gasteiger partial charge in [0.15, 0.2) is 0 Å². The van der Waals surface area contributed by atoms with Crippen molar-refractivity contribution in [1.29, 1.82) is 0 Å². The molecule has 1 aromatic carbocycles. The number of carbonyl (C=O) groups is 4. The maximum absolute atomic E-state index is 13.0. The van der Waals surface area contributed by atoms with Crippen LogP contribution in [0.2, 0.25) is 0 Å². The molecule has 0 radical (unpaired) electrons. The summed E-state index contributed by atoms with van der Waals surface area (Å²) in [5, 5.41) is 2.50. The number of ether oxygens (including phenoxy) is 1. The zero-order chi connectivity index (χ0) is 24.3. The minimum Gasteiger partial charge on any atom is -0.467 e.